The Kier molecular flexibility index (Phi) is 6.56. The van der Waals surface area contributed by atoms with E-state index in [0.717, 1.165) is 0 Å². The number of benzene rings is 2. The zero-order chi connectivity index (χ0) is 26.3. The van der Waals surface area contributed by atoms with Gasteiger partial charge in [0.05, 0.1) is 24.1 Å². The van der Waals surface area contributed by atoms with Crippen LogP contribution in [-0.4, -0.2) is 70.4 Å². The van der Waals surface area contributed by atoms with Crippen molar-refractivity contribution < 1.29 is 37.7 Å². The molecule has 1 amide bonds. The normalized spacial score (nSPS) is 15.9. The summed E-state index contributed by atoms with van der Waals surface area (Å²) in [7, 11) is 1.60. The lowest BCUT2D eigenvalue weighted by molar-refractivity contribution is -0.142. The number of aromatic nitrogens is 2. The minimum atomic E-state index is -4.68. The third kappa shape index (κ3) is 4.87. The number of hydrogen-bond acceptors (Lipinski definition) is 7. The number of anilines is 1. The van der Waals surface area contributed by atoms with Crippen LogP contribution >= 0.6 is 0 Å². The van der Waals surface area contributed by atoms with Crippen molar-refractivity contribution in [3.8, 4) is 17.2 Å². The fourth-order valence-electron chi connectivity index (χ4n) is 4.60. The molecule has 0 spiro atoms. The van der Waals surface area contributed by atoms with Crippen LogP contribution in [0.25, 0.3) is 5.69 Å². The summed E-state index contributed by atoms with van der Waals surface area (Å²) in [6.07, 6.45) is -5.47. The van der Waals surface area contributed by atoms with Crippen LogP contribution in [0, 0.1) is 0 Å². The van der Waals surface area contributed by atoms with Gasteiger partial charge >= 0.3 is 6.18 Å². The number of halogens is 3. The molecule has 0 aliphatic carbocycles. The van der Waals surface area contributed by atoms with Crippen molar-refractivity contribution >= 4 is 11.6 Å². The molecule has 5 rings (SSSR count). The Balaban J connectivity index is 1.45. The molecule has 0 fully saturated rings. The first-order valence-electron chi connectivity index (χ1n) is 11.6. The molecule has 2 aliphatic heterocycles. The van der Waals surface area contributed by atoms with Gasteiger partial charge in [-0.15, -0.1) is 0 Å². The molecule has 9 nitrogen and oxygen atoms in total. The number of amides is 1. The molecule has 0 saturated heterocycles. The summed E-state index contributed by atoms with van der Waals surface area (Å²) >= 11 is 0. The van der Waals surface area contributed by atoms with Gasteiger partial charge in [0, 0.05) is 56.0 Å². The first-order valence-corrected chi connectivity index (χ1v) is 11.6. The average Bonchev–Trinajstić information content (AvgIpc) is 3.51. The van der Waals surface area contributed by atoms with E-state index in [2.05, 4.69) is 5.10 Å². The van der Waals surface area contributed by atoms with Crippen molar-refractivity contribution in [1.82, 2.24) is 14.7 Å². The molecule has 12 heteroatoms. The van der Waals surface area contributed by atoms with E-state index in [9.17, 15) is 23.1 Å². The highest BCUT2D eigenvalue weighted by Gasteiger charge is 2.41. The van der Waals surface area contributed by atoms with Gasteiger partial charge in [-0.25, -0.2) is 4.68 Å². The minimum absolute atomic E-state index is 0.0260. The Morgan fingerprint density at radius 2 is 1.97 bits per heavy atom. The van der Waals surface area contributed by atoms with E-state index in [4.69, 9.17) is 14.6 Å². The smallest absolute Gasteiger partial charge is 0.435 e. The number of β-amino-alcohol motifs (C(OH)–C–C–N with tert-alkyl or cyclic N) is 1. The standard InChI is InChI=1S/C25H25F3N4O5/c1-30(16-5-6-21-22(10-16)37-14-36-21)24(35)15-3-2-4-17(9-15)32-20-7-8-31(11-18(34)13-33)12-19(20)23(29-32)25(26,27)28/h2-6,9-10,18,33-34H,7-8,11-14H2,1H3/t18-/m0/s1. The van der Waals surface area contributed by atoms with E-state index < -0.39 is 24.6 Å². The fourth-order valence-corrected chi connectivity index (χ4v) is 4.60. The van der Waals surface area contributed by atoms with Crippen molar-refractivity contribution in [2.45, 2.75) is 25.2 Å². The number of hydrogen-bond donors (Lipinski definition) is 2. The van der Waals surface area contributed by atoms with Crippen LogP contribution in [0.2, 0.25) is 0 Å². The molecular weight excluding hydrogens is 493 g/mol. The second-order valence-corrected chi connectivity index (χ2v) is 8.96. The zero-order valence-corrected chi connectivity index (χ0v) is 19.9. The topological polar surface area (TPSA) is 100 Å². The molecule has 2 aliphatic rings. The molecular formula is C25H25F3N4O5. The van der Waals surface area contributed by atoms with E-state index in [1.54, 1.807) is 48.3 Å². The lowest BCUT2D eigenvalue weighted by Gasteiger charge is -2.29. The summed E-state index contributed by atoms with van der Waals surface area (Å²) in [5.74, 6) is 0.746. The van der Waals surface area contributed by atoms with E-state index in [1.165, 1.54) is 15.6 Å². The van der Waals surface area contributed by atoms with Gasteiger partial charge in [-0.3, -0.25) is 9.69 Å². The van der Waals surface area contributed by atoms with Gasteiger partial charge in [0.2, 0.25) is 6.79 Å². The Morgan fingerprint density at radius 3 is 2.73 bits per heavy atom. The second-order valence-electron chi connectivity index (χ2n) is 8.96. The molecule has 37 heavy (non-hydrogen) atoms. The maximum atomic E-state index is 13.9. The highest BCUT2D eigenvalue weighted by atomic mass is 19.4. The summed E-state index contributed by atoms with van der Waals surface area (Å²) in [5, 5.41) is 22.8. The molecule has 0 unspecified atom stereocenters. The van der Waals surface area contributed by atoms with E-state index in [1.807, 2.05) is 0 Å². The minimum Gasteiger partial charge on any atom is -0.454 e. The predicted molar refractivity (Wildman–Crippen MR) is 126 cm³/mol. The summed E-state index contributed by atoms with van der Waals surface area (Å²) in [6.45, 7) is 0.00246. The molecule has 0 radical (unpaired) electrons. The molecule has 0 saturated carbocycles. The molecule has 3 heterocycles. The second kappa shape index (κ2) is 9.69. The van der Waals surface area contributed by atoms with Gasteiger partial charge in [-0.05, 0) is 30.3 Å². The van der Waals surface area contributed by atoms with Gasteiger partial charge in [-0.1, -0.05) is 6.07 Å². The highest BCUT2D eigenvalue weighted by molar-refractivity contribution is 6.06. The third-order valence-electron chi connectivity index (χ3n) is 6.47. The van der Waals surface area contributed by atoms with Crippen LogP contribution < -0.4 is 14.4 Å². The predicted octanol–water partition coefficient (Wildman–Crippen LogP) is 2.61. The Bertz CT molecular complexity index is 1330. The molecule has 1 aromatic heterocycles. The first kappa shape index (κ1) is 25.1. The summed E-state index contributed by atoms with van der Waals surface area (Å²) in [4.78, 5) is 16.3. The van der Waals surface area contributed by atoms with Crippen LogP contribution in [0.5, 0.6) is 11.5 Å². The largest absolute Gasteiger partial charge is 0.454 e. The quantitative estimate of drug-likeness (QED) is 0.518. The molecule has 2 N–H and O–H groups in total. The number of carbonyl (C=O) groups is 1. The van der Waals surface area contributed by atoms with Crippen molar-refractivity contribution in [1.29, 1.82) is 0 Å². The monoisotopic (exact) mass is 518 g/mol. The van der Waals surface area contributed by atoms with Gasteiger partial charge in [0.15, 0.2) is 17.2 Å². The Hall–Kier alpha value is -3.61. The van der Waals surface area contributed by atoms with E-state index in [0.29, 0.717) is 35.1 Å². The number of ether oxygens (including phenoxy) is 2. The fraction of sp³-hybridized carbons (Fsp3) is 0.360. The summed E-state index contributed by atoms with van der Waals surface area (Å²) < 4.78 is 53.6. The molecule has 3 aromatic rings. The molecule has 0 bridgehead atoms. The number of rotatable bonds is 6. The van der Waals surface area contributed by atoms with E-state index >= 15 is 0 Å². The number of fused-ring (bicyclic) bond motifs is 2. The number of alkyl halides is 3. The summed E-state index contributed by atoms with van der Waals surface area (Å²) in [5.41, 5.74) is 0.605. The SMILES string of the molecule is CN(C(=O)c1cccc(-n2nc(C(F)(F)F)c3c2CCN(C[C@H](O)CO)C3)c1)c1ccc2c(c1)OCO2. The number of carbonyl (C=O) groups excluding carboxylic acids is 1. The molecule has 2 aromatic carbocycles. The van der Waals surface area contributed by atoms with Gasteiger partial charge < -0.3 is 24.6 Å². The zero-order valence-electron chi connectivity index (χ0n) is 19.9. The van der Waals surface area contributed by atoms with Crippen LogP contribution in [0.15, 0.2) is 42.5 Å². The Morgan fingerprint density at radius 1 is 1.19 bits per heavy atom. The summed E-state index contributed by atoms with van der Waals surface area (Å²) in [6, 6.07) is 11.4. The van der Waals surface area contributed by atoms with Gasteiger partial charge in [0.1, 0.15) is 0 Å². The number of aliphatic hydroxyl groups is 2. The maximum Gasteiger partial charge on any atom is 0.435 e. The van der Waals surface area contributed by atoms with Crippen molar-refractivity contribution in [3.05, 3.63) is 65.0 Å². The van der Waals surface area contributed by atoms with Crippen LogP contribution in [0.3, 0.4) is 0 Å². The highest BCUT2D eigenvalue weighted by Crippen LogP contribution is 2.37. The number of aliphatic hydroxyl groups excluding tert-OH is 2. The lowest BCUT2D eigenvalue weighted by Crippen LogP contribution is -2.38. The van der Waals surface area contributed by atoms with Crippen LogP contribution in [0.1, 0.15) is 27.3 Å². The maximum absolute atomic E-state index is 13.9. The van der Waals surface area contributed by atoms with Crippen molar-refractivity contribution in [2.24, 2.45) is 0 Å². The van der Waals surface area contributed by atoms with Gasteiger partial charge in [0.25, 0.3) is 5.91 Å². The molecule has 196 valence electrons. The third-order valence-corrected chi connectivity index (χ3v) is 6.47. The van der Waals surface area contributed by atoms with Crippen LogP contribution in [0.4, 0.5) is 18.9 Å². The molecule has 1 atom stereocenters. The average molecular weight is 518 g/mol. The van der Waals surface area contributed by atoms with Crippen LogP contribution in [-0.2, 0) is 19.1 Å². The van der Waals surface area contributed by atoms with Crippen molar-refractivity contribution in [2.75, 3.05) is 38.4 Å². The Labute approximate surface area is 210 Å². The first-order chi connectivity index (χ1) is 17.7. The lowest BCUT2D eigenvalue weighted by atomic mass is 10.0. The van der Waals surface area contributed by atoms with E-state index in [-0.39, 0.29) is 43.3 Å². The van der Waals surface area contributed by atoms with Gasteiger partial charge in [-0.2, -0.15) is 18.3 Å². The van der Waals surface area contributed by atoms with Crippen molar-refractivity contribution in [3.63, 3.8) is 0 Å². The number of nitrogens with zero attached hydrogens (tertiary/aromatic N) is 4.